The highest BCUT2D eigenvalue weighted by Gasteiger charge is 2.05. The molecule has 5 nitrogen and oxygen atoms in total. The van der Waals surface area contributed by atoms with E-state index in [1.807, 2.05) is 31.2 Å². The number of nitrogens with zero attached hydrogens (tertiary/aromatic N) is 2. The fourth-order valence-electron chi connectivity index (χ4n) is 1.69. The van der Waals surface area contributed by atoms with Crippen LogP contribution in [0.1, 0.15) is 5.69 Å². The van der Waals surface area contributed by atoms with Crippen molar-refractivity contribution in [1.29, 1.82) is 0 Å². The highest BCUT2D eigenvalue weighted by molar-refractivity contribution is 5.43. The van der Waals surface area contributed by atoms with E-state index < -0.39 is 0 Å². The molecule has 0 fully saturated rings. The number of aryl methyl sites for hydroxylation is 1. The molecule has 0 amide bonds. The smallest absolute Gasteiger partial charge is 0.274 e. The number of hydrogen-bond donors (Lipinski definition) is 1. The number of rotatable bonds is 2. The molecule has 0 atom stereocenters. The van der Waals surface area contributed by atoms with Gasteiger partial charge in [-0.25, -0.2) is 0 Å². The summed E-state index contributed by atoms with van der Waals surface area (Å²) in [7, 11) is 1.61. The van der Waals surface area contributed by atoms with Crippen LogP contribution >= 0.6 is 0 Å². The molecule has 0 unspecified atom stereocenters. The number of nitrogen functional groups attached to an aromatic ring is 1. The topological polar surface area (TPSA) is 70.1 Å². The molecular weight excluding hydrogens is 218 g/mol. The quantitative estimate of drug-likeness (QED) is 0.841. The van der Waals surface area contributed by atoms with Crippen LogP contribution in [0.25, 0.3) is 5.69 Å². The predicted molar refractivity (Wildman–Crippen MR) is 65.5 cm³/mol. The Balaban J connectivity index is 2.56. The molecule has 2 aromatic rings. The maximum Gasteiger partial charge on any atom is 0.274 e. The van der Waals surface area contributed by atoms with Crippen molar-refractivity contribution in [2.24, 2.45) is 0 Å². The summed E-state index contributed by atoms with van der Waals surface area (Å²) < 4.78 is 6.79. The average molecular weight is 231 g/mol. The van der Waals surface area contributed by atoms with Crippen LogP contribution in [0, 0.1) is 6.92 Å². The Bertz CT molecular complexity index is 561. The molecule has 0 aliphatic carbocycles. The molecule has 0 saturated carbocycles. The summed E-state index contributed by atoms with van der Waals surface area (Å²) >= 11 is 0. The first-order chi connectivity index (χ1) is 8.11. The molecule has 0 spiro atoms. The van der Waals surface area contributed by atoms with Gasteiger partial charge < -0.3 is 10.5 Å². The van der Waals surface area contributed by atoms with Gasteiger partial charge in [0.1, 0.15) is 5.75 Å². The van der Waals surface area contributed by atoms with E-state index >= 15 is 0 Å². The number of aromatic nitrogens is 2. The third-order valence-corrected chi connectivity index (χ3v) is 2.47. The monoisotopic (exact) mass is 231 g/mol. The third-order valence-electron chi connectivity index (χ3n) is 2.47. The molecule has 1 heterocycles. The third kappa shape index (κ3) is 2.13. The number of methoxy groups -OCH3 is 1. The summed E-state index contributed by atoms with van der Waals surface area (Å²) in [6, 6.07) is 8.81. The van der Waals surface area contributed by atoms with Gasteiger partial charge in [-0.15, -0.1) is 0 Å². The zero-order chi connectivity index (χ0) is 12.4. The second-order valence-electron chi connectivity index (χ2n) is 3.63. The molecule has 5 heteroatoms. The summed E-state index contributed by atoms with van der Waals surface area (Å²) in [6.45, 7) is 1.81. The number of anilines is 1. The minimum atomic E-state index is -0.329. The molecule has 0 saturated heterocycles. The molecule has 17 heavy (non-hydrogen) atoms. The van der Waals surface area contributed by atoms with E-state index in [1.165, 1.54) is 6.07 Å². The molecule has 1 aromatic heterocycles. The van der Waals surface area contributed by atoms with Crippen molar-refractivity contribution in [2.45, 2.75) is 6.92 Å². The molecule has 1 aromatic carbocycles. The predicted octanol–water partition coefficient (Wildman–Crippen LogP) is 1.13. The van der Waals surface area contributed by atoms with Crippen LogP contribution in [0.15, 0.2) is 35.1 Å². The van der Waals surface area contributed by atoms with E-state index in [4.69, 9.17) is 10.5 Å². The van der Waals surface area contributed by atoms with Crippen LogP contribution in [-0.4, -0.2) is 16.7 Å². The fourth-order valence-corrected chi connectivity index (χ4v) is 1.69. The molecule has 0 aliphatic rings. The average Bonchev–Trinajstić information content (AvgIpc) is 2.28. The molecular formula is C12H13N3O2. The van der Waals surface area contributed by atoms with Crippen LogP contribution in [0.4, 0.5) is 5.95 Å². The van der Waals surface area contributed by atoms with Crippen molar-refractivity contribution >= 4 is 5.95 Å². The number of benzene rings is 1. The molecule has 88 valence electrons. The maximum atomic E-state index is 11.2. The first-order valence-electron chi connectivity index (χ1n) is 5.12. The van der Waals surface area contributed by atoms with E-state index in [0.717, 1.165) is 17.1 Å². The SMILES string of the molecule is COc1ccc(-n2c(C)cc(=O)nc2N)cc1. The standard InChI is InChI=1S/C12H13N3O2/c1-8-7-11(16)14-12(13)15(8)9-3-5-10(17-2)6-4-9/h3-7H,1-2H3,(H2,13,14,16). The van der Waals surface area contributed by atoms with Gasteiger partial charge in [0.05, 0.1) is 7.11 Å². The van der Waals surface area contributed by atoms with E-state index in [0.29, 0.717) is 0 Å². The van der Waals surface area contributed by atoms with Gasteiger partial charge >= 0.3 is 0 Å². The van der Waals surface area contributed by atoms with Gasteiger partial charge in [0.25, 0.3) is 5.56 Å². The number of ether oxygens (including phenoxy) is 1. The van der Waals surface area contributed by atoms with Crippen molar-refractivity contribution < 1.29 is 4.74 Å². The van der Waals surface area contributed by atoms with Crippen LogP contribution in [0.5, 0.6) is 5.75 Å². The summed E-state index contributed by atoms with van der Waals surface area (Å²) in [4.78, 5) is 14.9. The first-order valence-corrected chi connectivity index (χ1v) is 5.12. The van der Waals surface area contributed by atoms with Gasteiger partial charge in [-0.05, 0) is 31.2 Å². The van der Waals surface area contributed by atoms with E-state index in [2.05, 4.69) is 4.98 Å². The lowest BCUT2D eigenvalue weighted by atomic mass is 10.3. The lowest BCUT2D eigenvalue weighted by Gasteiger charge is -2.12. The molecule has 2 N–H and O–H groups in total. The lowest BCUT2D eigenvalue weighted by molar-refractivity contribution is 0.414. The summed E-state index contributed by atoms with van der Waals surface area (Å²) in [6.07, 6.45) is 0. The Kier molecular flexibility index (Phi) is 2.82. The fraction of sp³-hybridized carbons (Fsp3) is 0.167. The normalized spacial score (nSPS) is 10.2. The summed E-state index contributed by atoms with van der Waals surface area (Å²) in [5, 5.41) is 0. The highest BCUT2D eigenvalue weighted by Crippen LogP contribution is 2.17. The van der Waals surface area contributed by atoms with E-state index in [9.17, 15) is 4.79 Å². The Hall–Kier alpha value is -2.30. The van der Waals surface area contributed by atoms with E-state index in [1.54, 1.807) is 11.7 Å². The lowest BCUT2D eigenvalue weighted by Crippen LogP contribution is -2.17. The van der Waals surface area contributed by atoms with Gasteiger partial charge in [0.15, 0.2) is 0 Å². The van der Waals surface area contributed by atoms with Gasteiger partial charge in [-0.1, -0.05) is 0 Å². The van der Waals surface area contributed by atoms with Crippen molar-refractivity contribution in [3.8, 4) is 11.4 Å². The number of hydrogen-bond acceptors (Lipinski definition) is 4. The van der Waals surface area contributed by atoms with Gasteiger partial charge in [-0.2, -0.15) is 4.98 Å². The molecule has 0 aliphatic heterocycles. The second kappa shape index (κ2) is 4.29. The largest absolute Gasteiger partial charge is 0.497 e. The zero-order valence-electron chi connectivity index (χ0n) is 9.68. The first kappa shape index (κ1) is 11.2. The zero-order valence-corrected chi connectivity index (χ0v) is 9.68. The summed E-state index contributed by atoms with van der Waals surface area (Å²) in [5.41, 5.74) is 7.00. The van der Waals surface area contributed by atoms with Crippen molar-refractivity contribution in [3.63, 3.8) is 0 Å². The second-order valence-corrected chi connectivity index (χ2v) is 3.63. The van der Waals surface area contributed by atoms with Crippen LogP contribution in [0.3, 0.4) is 0 Å². The van der Waals surface area contributed by atoms with Gasteiger partial charge in [-0.3, -0.25) is 9.36 Å². The summed E-state index contributed by atoms with van der Waals surface area (Å²) in [5.74, 6) is 0.944. The van der Waals surface area contributed by atoms with Crippen molar-refractivity contribution in [3.05, 3.63) is 46.4 Å². The number of nitrogens with two attached hydrogens (primary N) is 1. The van der Waals surface area contributed by atoms with Crippen molar-refractivity contribution in [2.75, 3.05) is 12.8 Å². The van der Waals surface area contributed by atoms with Crippen molar-refractivity contribution in [1.82, 2.24) is 9.55 Å². The van der Waals surface area contributed by atoms with Crippen LogP contribution < -0.4 is 16.0 Å². The Labute approximate surface area is 98.5 Å². The highest BCUT2D eigenvalue weighted by atomic mass is 16.5. The minimum Gasteiger partial charge on any atom is -0.497 e. The molecule has 0 radical (unpaired) electrons. The van der Waals surface area contributed by atoms with Gasteiger partial charge in [0, 0.05) is 17.4 Å². The maximum absolute atomic E-state index is 11.2. The Morgan fingerprint density at radius 2 is 1.94 bits per heavy atom. The Morgan fingerprint density at radius 3 is 2.47 bits per heavy atom. The van der Waals surface area contributed by atoms with Crippen LogP contribution in [-0.2, 0) is 0 Å². The molecule has 0 bridgehead atoms. The van der Waals surface area contributed by atoms with Gasteiger partial charge in [0.2, 0.25) is 5.95 Å². The minimum absolute atomic E-state index is 0.181. The van der Waals surface area contributed by atoms with Crippen LogP contribution in [0.2, 0.25) is 0 Å². The van der Waals surface area contributed by atoms with E-state index in [-0.39, 0.29) is 11.5 Å². The molecule has 2 rings (SSSR count). The Morgan fingerprint density at radius 1 is 1.29 bits per heavy atom.